The van der Waals surface area contributed by atoms with Crippen LogP contribution in [0.25, 0.3) is 0 Å². The summed E-state index contributed by atoms with van der Waals surface area (Å²) < 4.78 is 37.1. The second kappa shape index (κ2) is 10.2. The van der Waals surface area contributed by atoms with Crippen molar-refractivity contribution in [3.05, 3.63) is 59.9 Å². The molecule has 1 saturated heterocycles. The number of sulfone groups is 1. The van der Waals surface area contributed by atoms with Crippen LogP contribution in [0.2, 0.25) is 0 Å². The zero-order valence-corrected chi connectivity index (χ0v) is 19.7. The highest BCUT2D eigenvalue weighted by Gasteiger charge is 2.21. The molecule has 1 aliphatic rings. The maximum atomic E-state index is 14.0. The van der Waals surface area contributed by atoms with Gasteiger partial charge in [0.25, 0.3) is 0 Å². The lowest BCUT2D eigenvalue weighted by molar-refractivity contribution is 0.370. The van der Waals surface area contributed by atoms with Crippen molar-refractivity contribution >= 4 is 45.5 Å². The van der Waals surface area contributed by atoms with Gasteiger partial charge in [0, 0.05) is 46.0 Å². The Morgan fingerprint density at radius 3 is 2.24 bits per heavy atom. The van der Waals surface area contributed by atoms with Crippen molar-refractivity contribution in [2.45, 2.75) is 11.4 Å². The molecule has 2 aromatic carbocycles. The normalized spacial score (nSPS) is 15.1. The zero-order chi connectivity index (χ0) is 20.1. The maximum absolute atomic E-state index is 14.0. The average Bonchev–Trinajstić information content (AvgIpc) is 2.69. The lowest BCUT2D eigenvalue weighted by Crippen LogP contribution is -2.52. The van der Waals surface area contributed by atoms with Gasteiger partial charge >= 0.3 is 0 Å². The van der Waals surface area contributed by atoms with Crippen molar-refractivity contribution in [3.8, 4) is 0 Å². The van der Waals surface area contributed by atoms with Gasteiger partial charge in [0.15, 0.2) is 15.8 Å². The van der Waals surface area contributed by atoms with E-state index in [-0.39, 0.29) is 29.8 Å². The summed E-state index contributed by atoms with van der Waals surface area (Å²) >= 11 is 0. The summed E-state index contributed by atoms with van der Waals surface area (Å²) in [4.78, 5) is 8.84. The van der Waals surface area contributed by atoms with Crippen LogP contribution in [0.5, 0.6) is 0 Å². The Morgan fingerprint density at radius 1 is 1.07 bits per heavy atom. The molecule has 29 heavy (non-hydrogen) atoms. The van der Waals surface area contributed by atoms with Gasteiger partial charge in [-0.1, -0.05) is 24.3 Å². The van der Waals surface area contributed by atoms with Gasteiger partial charge in [-0.3, -0.25) is 4.99 Å². The first-order valence-corrected chi connectivity index (χ1v) is 11.0. The maximum Gasteiger partial charge on any atom is 0.194 e. The largest absolute Gasteiger partial charge is 0.366 e. The summed E-state index contributed by atoms with van der Waals surface area (Å²) in [5, 5.41) is 3.31. The van der Waals surface area contributed by atoms with Gasteiger partial charge in [0.05, 0.1) is 10.6 Å². The summed E-state index contributed by atoms with van der Waals surface area (Å²) in [6.07, 6.45) is 1.20. The number of aliphatic imine (C=N–C) groups is 1. The third-order valence-corrected chi connectivity index (χ3v) is 5.91. The molecule has 0 bridgehead atoms. The van der Waals surface area contributed by atoms with E-state index in [1.54, 1.807) is 43.4 Å². The number of guanidine groups is 1. The Labute approximate surface area is 188 Å². The molecule has 0 amide bonds. The van der Waals surface area contributed by atoms with E-state index in [1.165, 1.54) is 12.3 Å². The highest BCUT2D eigenvalue weighted by atomic mass is 127. The molecule has 0 aromatic heterocycles. The molecule has 1 heterocycles. The fraction of sp³-hybridized carbons (Fsp3) is 0.350. The highest BCUT2D eigenvalue weighted by molar-refractivity contribution is 14.0. The van der Waals surface area contributed by atoms with Crippen molar-refractivity contribution in [2.24, 2.45) is 4.99 Å². The van der Waals surface area contributed by atoms with Crippen LogP contribution < -0.4 is 10.2 Å². The van der Waals surface area contributed by atoms with E-state index in [4.69, 9.17) is 0 Å². The molecule has 0 spiro atoms. The molecule has 0 radical (unpaired) electrons. The van der Waals surface area contributed by atoms with Crippen LogP contribution in [-0.2, 0) is 16.4 Å². The van der Waals surface area contributed by atoms with E-state index in [2.05, 4.69) is 15.2 Å². The lowest BCUT2D eigenvalue weighted by atomic mass is 10.2. The van der Waals surface area contributed by atoms with E-state index in [0.29, 0.717) is 30.2 Å². The third kappa shape index (κ3) is 6.05. The van der Waals surface area contributed by atoms with Crippen LogP contribution >= 0.6 is 24.0 Å². The molecule has 0 aliphatic carbocycles. The molecule has 1 aliphatic heterocycles. The van der Waals surface area contributed by atoms with E-state index in [9.17, 15) is 12.8 Å². The first-order valence-electron chi connectivity index (χ1n) is 9.12. The van der Waals surface area contributed by atoms with Crippen LogP contribution in [0, 0.1) is 5.82 Å². The number of benzene rings is 2. The molecule has 0 atom stereocenters. The Bertz CT molecular complexity index is 943. The standard InChI is InChI=1S/C20H25FN4O2S.HI/c1-22-20(23-15-16-7-9-17(10-8-16)28(2,26)27)25-13-11-24(12-14-25)19-6-4-3-5-18(19)21;/h3-10H,11-15H2,1-2H3,(H,22,23);1H. The first kappa shape index (κ1) is 23.4. The molecule has 2 aromatic rings. The second-order valence-electron chi connectivity index (χ2n) is 6.74. The molecule has 0 saturated carbocycles. The van der Waals surface area contributed by atoms with Gasteiger partial charge in [0.2, 0.25) is 0 Å². The van der Waals surface area contributed by atoms with Gasteiger partial charge < -0.3 is 15.1 Å². The Hall–Kier alpha value is -1.88. The van der Waals surface area contributed by atoms with Crippen LogP contribution in [0.3, 0.4) is 0 Å². The van der Waals surface area contributed by atoms with Crippen molar-refractivity contribution in [1.29, 1.82) is 0 Å². The van der Waals surface area contributed by atoms with E-state index in [0.717, 1.165) is 24.6 Å². The molecular weight excluding hydrogens is 506 g/mol. The number of piperazine rings is 1. The highest BCUT2D eigenvalue weighted by Crippen LogP contribution is 2.20. The minimum Gasteiger partial charge on any atom is -0.366 e. The van der Waals surface area contributed by atoms with E-state index in [1.807, 2.05) is 11.0 Å². The number of anilines is 1. The number of nitrogens with one attached hydrogen (secondary N) is 1. The predicted octanol–water partition coefficient (Wildman–Crippen LogP) is 2.74. The Balaban J connectivity index is 0.00000300. The second-order valence-corrected chi connectivity index (χ2v) is 8.76. The third-order valence-electron chi connectivity index (χ3n) is 4.79. The molecular formula is C20H26FIN4O2S. The van der Waals surface area contributed by atoms with Crippen molar-refractivity contribution in [1.82, 2.24) is 10.2 Å². The molecule has 9 heteroatoms. The fourth-order valence-electron chi connectivity index (χ4n) is 3.24. The monoisotopic (exact) mass is 532 g/mol. The van der Waals surface area contributed by atoms with Gasteiger partial charge in [-0.15, -0.1) is 24.0 Å². The van der Waals surface area contributed by atoms with Gasteiger partial charge in [-0.25, -0.2) is 12.8 Å². The predicted molar refractivity (Wildman–Crippen MR) is 125 cm³/mol. The summed E-state index contributed by atoms with van der Waals surface area (Å²) in [6, 6.07) is 13.7. The SMILES string of the molecule is CN=C(NCc1ccc(S(C)(=O)=O)cc1)N1CCN(c2ccccc2F)CC1.I. The van der Waals surface area contributed by atoms with E-state index >= 15 is 0 Å². The number of hydrogen-bond donors (Lipinski definition) is 1. The lowest BCUT2D eigenvalue weighted by Gasteiger charge is -2.37. The molecule has 3 rings (SSSR count). The summed E-state index contributed by atoms with van der Waals surface area (Å²) in [6.45, 7) is 3.45. The Morgan fingerprint density at radius 2 is 1.69 bits per heavy atom. The zero-order valence-electron chi connectivity index (χ0n) is 16.5. The minimum atomic E-state index is -3.19. The van der Waals surface area contributed by atoms with Crippen molar-refractivity contribution in [3.63, 3.8) is 0 Å². The number of hydrogen-bond acceptors (Lipinski definition) is 4. The van der Waals surface area contributed by atoms with Crippen molar-refractivity contribution in [2.75, 3.05) is 44.4 Å². The number of rotatable bonds is 4. The quantitative estimate of drug-likeness (QED) is 0.373. The average molecular weight is 532 g/mol. The number of para-hydroxylation sites is 1. The molecule has 1 fully saturated rings. The fourth-order valence-corrected chi connectivity index (χ4v) is 3.87. The van der Waals surface area contributed by atoms with Gasteiger partial charge in [-0.2, -0.15) is 0 Å². The summed E-state index contributed by atoms with van der Waals surface area (Å²) in [7, 11) is -1.45. The smallest absolute Gasteiger partial charge is 0.194 e. The van der Waals surface area contributed by atoms with Gasteiger partial charge in [-0.05, 0) is 29.8 Å². The molecule has 6 nitrogen and oxygen atoms in total. The van der Waals surface area contributed by atoms with Crippen LogP contribution in [0.4, 0.5) is 10.1 Å². The Kier molecular flexibility index (Phi) is 8.26. The van der Waals surface area contributed by atoms with Gasteiger partial charge in [0.1, 0.15) is 5.82 Å². The van der Waals surface area contributed by atoms with E-state index < -0.39 is 9.84 Å². The number of halogens is 2. The molecule has 0 unspecified atom stereocenters. The summed E-state index contributed by atoms with van der Waals surface area (Å²) in [5.74, 6) is 0.580. The van der Waals surface area contributed by atoms with Crippen LogP contribution in [0.15, 0.2) is 58.4 Å². The number of nitrogens with zero attached hydrogens (tertiary/aromatic N) is 3. The molecule has 1 N–H and O–H groups in total. The summed E-state index contributed by atoms with van der Waals surface area (Å²) in [5.41, 5.74) is 1.61. The topological polar surface area (TPSA) is 65.0 Å². The van der Waals surface area contributed by atoms with Crippen molar-refractivity contribution < 1.29 is 12.8 Å². The van der Waals surface area contributed by atoms with Crippen LogP contribution in [0.1, 0.15) is 5.56 Å². The molecule has 158 valence electrons. The minimum absolute atomic E-state index is 0. The first-order chi connectivity index (χ1) is 13.4. The van der Waals surface area contributed by atoms with Crippen LogP contribution in [-0.4, -0.2) is 58.8 Å².